The summed E-state index contributed by atoms with van der Waals surface area (Å²) in [5, 5.41) is 7.23. The Hall–Kier alpha value is -0.940. The van der Waals surface area contributed by atoms with Crippen LogP contribution in [0.25, 0.3) is 0 Å². The Kier molecular flexibility index (Phi) is 9.41. The van der Waals surface area contributed by atoms with Crippen molar-refractivity contribution in [2.45, 2.75) is 19.3 Å². The number of amides is 1. The molecule has 7 heteroatoms. The average molecular weight is 380 g/mol. The Balaban J connectivity index is 0.00000264. The lowest BCUT2D eigenvalue weighted by atomic mass is 10.1. The molecule has 0 unspecified atom stereocenters. The molecular weight excluding hydrogens is 359 g/mol. The van der Waals surface area contributed by atoms with Crippen LogP contribution in [0.4, 0.5) is 0 Å². The summed E-state index contributed by atoms with van der Waals surface area (Å²) in [5.74, 6) is 0.636. The molecule has 1 aliphatic heterocycles. The van der Waals surface area contributed by atoms with Crippen LogP contribution >= 0.6 is 35.6 Å². The van der Waals surface area contributed by atoms with Crippen molar-refractivity contribution in [3.63, 3.8) is 0 Å². The molecule has 4 nitrogen and oxygen atoms in total. The number of halogens is 3. The van der Waals surface area contributed by atoms with Gasteiger partial charge in [-0.3, -0.25) is 4.79 Å². The molecule has 0 saturated carbocycles. The van der Waals surface area contributed by atoms with Crippen molar-refractivity contribution in [1.82, 2.24) is 10.6 Å². The Morgan fingerprint density at radius 1 is 1.35 bits per heavy atom. The molecule has 1 aromatic rings. The summed E-state index contributed by atoms with van der Waals surface area (Å²) >= 11 is 11.8. The Labute approximate surface area is 153 Å². The first-order valence-electron chi connectivity index (χ1n) is 7.38. The van der Waals surface area contributed by atoms with E-state index in [4.69, 9.17) is 27.9 Å². The zero-order chi connectivity index (χ0) is 15.8. The Morgan fingerprint density at radius 3 is 2.87 bits per heavy atom. The monoisotopic (exact) mass is 378 g/mol. The number of carbonyl (C=O) groups excluding carboxylic acids is 1. The summed E-state index contributed by atoms with van der Waals surface area (Å²) < 4.78 is 5.55. The first-order valence-corrected chi connectivity index (χ1v) is 8.14. The fraction of sp³-hybridized carbons (Fsp3) is 0.438. The number of carbonyl (C=O) groups is 1. The van der Waals surface area contributed by atoms with Crippen LogP contribution in [0.3, 0.4) is 0 Å². The zero-order valence-electron chi connectivity index (χ0n) is 12.7. The second-order valence-electron chi connectivity index (χ2n) is 5.12. The molecule has 2 N–H and O–H groups in total. The van der Waals surface area contributed by atoms with E-state index in [1.54, 1.807) is 18.2 Å². The van der Waals surface area contributed by atoms with Gasteiger partial charge in [-0.25, -0.2) is 0 Å². The van der Waals surface area contributed by atoms with Crippen LogP contribution in [0, 0.1) is 0 Å². The third-order valence-electron chi connectivity index (χ3n) is 3.37. The van der Waals surface area contributed by atoms with Gasteiger partial charge in [-0.1, -0.05) is 34.9 Å². The molecule has 1 aliphatic rings. The van der Waals surface area contributed by atoms with E-state index >= 15 is 0 Å². The van der Waals surface area contributed by atoms with Crippen molar-refractivity contribution in [3.05, 3.63) is 39.9 Å². The summed E-state index contributed by atoms with van der Waals surface area (Å²) in [7, 11) is 0. The van der Waals surface area contributed by atoms with Crippen molar-refractivity contribution in [1.29, 1.82) is 0 Å². The van der Waals surface area contributed by atoms with E-state index in [1.807, 2.05) is 0 Å². The first-order chi connectivity index (χ1) is 10.6. The van der Waals surface area contributed by atoms with Gasteiger partial charge in [-0.15, -0.1) is 12.4 Å². The third-order valence-corrected chi connectivity index (χ3v) is 3.90. The summed E-state index contributed by atoms with van der Waals surface area (Å²) in [4.78, 5) is 11.8. The maximum Gasteiger partial charge on any atom is 0.220 e. The second-order valence-corrected chi connectivity index (χ2v) is 5.96. The molecule has 1 amide bonds. The molecule has 1 aromatic carbocycles. The highest BCUT2D eigenvalue weighted by molar-refractivity contribution is 6.35. The topological polar surface area (TPSA) is 50.4 Å². The second kappa shape index (κ2) is 10.8. The van der Waals surface area contributed by atoms with Gasteiger partial charge in [-0.2, -0.15) is 0 Å². The zero-order valence-corrected chi connectivity index (χ0v) is 15.1. The number of hydrogen-bond donors (Lipinski definition) is 2. The van der Waals surface area contributed by atoms with Crippen LogP contribution in [-0.2, 0) is 4.79 Å². The SMILES string of the molecule is Cl.O=C(CCCOc1ccc(Cl)cc1Cl)NCC1=CCNCC1. The number of benzene rings is 1. The molecule has 23 heavy (non-hydrogen) atoms. The van der Waals surface area contributed by atoms with E-state index in [0.29, 0.717) is 41.8 Å². The maximum absolute atomic E-state index is 11.8. The Bertz CT molecular complexity index is 550. The molecular formula is C16H21Cl3N2O2. The molecule has 0 aromatic heterocycles. The molecule has 0 atom stereocenters. The van der Waals surface area contributed by atoms with Gasteiger partial charge in [0.05, 0.1) is 11.6 Å². The minimum absolute atomic E-state index is 0. The van der Waals surface area contributed by atoms with Crippen LogP contribution in [0.2, 0.25) is 10.0 Å². The van der Waals surface area contributed by atoms with E-state index in [9.17, 15) is 4.79 Å². The minimum atomic E-state index is 0. The van der Waals surface area contributed by atoms with Crippen molar-refractivity contribution >= 4 is 41.5 Å². The molecule has 0 fully saturated rings. The van der Waals surface area contributed by atoms with Gasteiger partial charge in [0.15, 0.2) is 0 Å². The highest BCUT2D eigenvalue weighted by atomic mass is 35.5. The molecule has 0 bridgehead atoms. The minimum Gasteiger partial charge on any atom is -0.492 e. The largest absolute Gasteiger partial charge is 0.492 e. The van der Waals surface area contributed by atoms with Crippen molar-refractivity contribution in [2.24, 2.45) is 0 Å². The lowest BCUT2D eigenvalue weighted by Gasteiger charge is -2.14. The van der Waals surface area contributed by atoms with Gasteiger partial charge in [-0.05, 0) is 37.6 Å². The van der Waals surface area contributed by atoms with Crippen LogP contribution in [-0.4, -0.2) is 32.1 Å². The van der Waals surface area contributed by atoms with Gasteiger partial charge in [0.2, 0.25) is 5.91 Å². The van der Waals surface area contributed by atoms with E-state index < -0.39 is 0 Å². The van der Waals surface area contributed by atoms with Crippen molar-refractivity contribution < 1.29 is 9.53 Å². The fourth-order valence-corrected chi connectivity index (χ4v) is 2.60. The summed E-state index contributed by atoms with van der Waals surface area (Å²) in [6.45, 7) is 2.96. The van der Waals surface area contributed by atoms with Gasteiger partial charge in [0.1, 0.15) is 5.75 Å². The Morgan fingerprint density at radius 2 is 2.17 bits per heavy atom. The predicted octanol–water partition coefficient (Wildman–Crippen LogP) is 3.61. The molecule has 0 aliphatic carbocycles. The normalized spacial score (nSPS) is 13.7. The highest BCUT2D eigenvalue weighted by Crippen LogP contribution is 2.27. The first kappa shape index (κ1) is 20.1. The fourth-order valence-electron chi connectivity index (χ4n) is 2.14. The third kappa shape index (κ3) is 7.44. The van der Waals surface area contributed by atoms with Crippen LogP contribution in [0.15, 0.2) is 29.8 Å². The van der Waals surface area contributed by atoms with E-state index in [1.165, 1.54) is 5.57 Å². The summed E-state index contributed by atoms with van der Waals surface area (Å²) in [6, 6.07) is 5.09. The number of hydrogen-bond acceptors (Lipinski definition) is 3. The highest BCUT2D eigenvalue weighted by Gasteiger charge is 2.06. The van der Waals surface area contributed by atoms with Crippen molar-refractivity contribution in [2.75, 3.05) is 26.2 Å². The van der Waals surface area contributed by atoms with Crippen molar-refractivity contribution in [3.8, 4) is 5.75 Å². The molecule has 0 spiro atoms. The van der Waals surface area contributed by atoms with Crippen LogP contribution in [0.5, 0.6) is 5.75 Å². The molecule has 0 saturated heterocycles. The van der Waals surface area contributed by atoms with E-state index in [2.05, 4.69) is 16.7 Å². The molecule has 128 valence electrons. The average Bonchev–Trinajstić information content (AvgIpc) is 2.52. The number of ether oxygens (including phenoxy) is 1. The number of rotatable bonds is 7. The summed E-state index contributed by atoms with van der Waals surface area (Å²) in [6.07, 6.45) is 4.22. The molecule has 1 heterocycles. The lowest BCUT2D eigenvalue weighted by molar-refractivity contribution is -0.121. The van der Waals surface area contributed by atoms with Gasteiger partial charge in [0.25, 0.3) is 0 Å². The van der Waals surface area contributed by atoms with Gasteiger partial charge < -0.3 is 15.4 Å². The molecule has 0 radical (unpaired) electrons. The van der Waals surface area contributed by atoms with Gasteiger partial charge in [0, 0.05) is 24.5 Å². The standard InChI is InChI=1S/C16H20Cl2N2O2.ClH/c17-13-3-4-15(14(18)10-13)22-9-1-2-16(21)20-11-12-5-7-19-8-6-12;/h3-5,10,19H,1-2,6-9,11H2,(H,20,21);1H. The van der Waals surface area contributed by atoms with Crippen LogP contribution in [0.1, 0.15) is 19.3 Å². The molecule has 2 rings (SSSR count). The van der Waals surface area contributed by atoms with Gasteiger partial charge >= 0.3 is 0 Å². The smallest absolute Gasteiger partial charge is 0.220 e. The van der Waals surface area contributed by atoms with Crippen LogP contribution < -0.4 is 15.4 Å². The summed E-state index contributed by atoms with van der Waals surface area (Å²) in [5.41, 5.74) is 1.29. The quantitative estimate of drug-likeness (QED) is 0.562. The number of nitrogens with one attached hydrogen (secondary N) is 2. The lowest BCUT2D eigenvalue weighted by Crippen LogP contribution is -2.29. The van der Waals surface area contributed by atoms with E-state index in [0.717, 1.165) is 19.5 Å². The predicted molar refractivity (Wildman–Crippen MR) is 97.0 cm³/mol. The van der Waals surface area contributed by atoms with E-state index in [-0.39, 0.29) is 18.3 Å². The maximum atomic E-state index is 11.8.